The highest BCUT2D eigenvalue weighted by Crippen LogP contribution is 2.41. The van der Waals surface area contributed by atoms with Gasteiger partial charge in [0.15, 0.2) is 11.5 Å². The summed E-state index contributed by atoms with van der Waals surface area (Å²) in [4.78, 5) is 17.9. The summed E-state index contributed by atoms with van der Waals surface area (Å²) in [5, 5.41) is 1.83. The van der Waals surface area contributed by atoms with Crippen molar-refractivity contribution >= 4 is 17.7 Å². The van der Waals surface area contributed by atoms with Crippen LogP contribution in [-0.2, 0) is 16.2 Å². The summed E-state index contributed by atoms with van der Waals surface area (Å²) in [5.74, 6) is 1.18. The van der Waals surface area contributed by atoms with Crippen LogP contribution in [0.4, 0.5) is 4.79 Å². The van der Waals surface area contributed by atoms with Crippen LogP contribution in [-0.4, -0.2) is 32.5 Å². The third-order valence-corrected chi connectivity index (χ3v) is 4.33. The van der Waals surface area contributed by atoms with E-state index in [1.165, 1.54) is 12.2 Å². The molecule has 0 fully saturated rings. The zero-order chi connectivity index (χ0) is 18.0. The number of nitrogens with zero attached hydrogens (tertiary/aromatic N) is 1. The van der Waals surface area contributed by atoms with Crippen molar-refractivity contribution < 1.29 is 23.8 Å². The summed E-state index contributed by atoms with van der Waals surface area (Å²) in [7, 11) is 4.46. The summed E-state index contributed by atoms with van der Waals surface area (Å²) >= 11 is 5.99. The molecule has 0 aromatic heterocycles. The van der Waals surface area contributed by atoms with Gasteiger partial charge in [0.25, 0.3) is 0 Å². The van der Waals surface area contributed by atoms with Gasteiger partial charge in [-0.25, -0.2) is 4.79 Å². The molecule has 1 atom stereocenters. The van der Waals surface area contributed by atoms with E-state index in [1.54, 1.807) is 26.4 Å². The lowest BCUT2D eigenvalue weighted by molar-refractivity contribution is -0.173. The number of hydrogen-bond donors (Lipinski definition) is 0. The van der Waals surface area contributed by atoms with Crippen LogP contribution in [0.5, 0.6) is 11.5 Å². The molecular formula is C18H18ClNO5. The van der Waals surface area contributed by atoms with E-state index >= 15 is 0 Å². The van der Waals surface area contributed by atoms with Crippen LogP contribution in [0.15, 0.2) is 36.4 Å². The first kappa shape index (κ1) is 17.4. The van der Waals surface area contributed by atoms with Crippen LogP contribution in [0.3, 0.4) is 0 Å². The molecule has 25 heavy (non-hydrogen) atoms. The number of rotatable bonds is 3. The minimum absolute atomic E-state index is 0.217. The van der Waals surface area contributed by atoms with Crippen molar-refractivity contribution in [2.45, 2.75) is 12.6 Å². The van der Waals surface area contributed by atoms with E-state index in [2.05, 4.69) is 0 Å². The second-order valence-electron chi connectivity index (χ2n) is 5.43. The lowest BCUT2D eigenvalue weighted by Gasteiger charge is -2.35. The molecular weight excluding hydrogens is 346 g/mol. The summed E-state index contributed by atoms with van der Waals surface area (Å²) in [5.41, 5.74) is 2.61. The number of fused-ring (bicyclic) bond motifs is 1. The van der Waals surface area contributed by atoms with Gasteiger partial charge in [0.1, 0.15) is 12.6 Å². The van der Waals surface area contributed by atoms with Crippen molar-refractivity contribution in [1.29, 1.82) is 0 Å². The van der Waals surface area contributed by atoms with E-state index in [1.807, 2.05) is 24.3 Å². The standard InChI is InChI=1S/C18H18ClNO5/c1-22-15-8-12-10-25-20(18(21)24-3)17(14(12)9-16(15)23-2)11-4-6-13(19)7-5-11/h4-9,17H,10H2,1-3H3. The number of hydroxylamine groups is 2. The lowest BCUT2D eigenvalue weighted by atomic mass is 9.93. The number of halogens is 1. The number of carbonyl (C=O) groups is 1. The maximum Gasteiger partial charge on any atom is 0.434 e. The first-order chi connectivity index (χ1) is 12.1. The van der Waals surface area contributed by atoms with Gasteiger partial charge < -0.3 is 14.2 Å². The predicted molar refractivity (Wildman–Crippen MR) is 91.9 cm³/mol. The van der Waals surface area contributed by atoms with Gasteiger partial charge in [0.05, 0.1) is 21.3 Å². The smallest absolute Gasteiger partial charge is 0.434 e. The molecule has 0 saturated heterocycles. The third-order valence-electron chi connectivity index (χ3n) is 4.07. The molecule has 132 valence electrons. The van der Waals surface area contributed by atoms with Crippen LogP contribution in [0.1, 0.15) is 22.7 Å². The molecule has 2 aromatic carbocycles. The van der Waals surface area contributed by atoms with Gasteiger partial charge in [-0.15, -0.1) is 0 Å². The molecule has 0 bridgehead atoms. The Morgan fingerprint density at radius 2 is 1.76 bits per heavy atom. The molecule has 0 N–H and O–H groups in total. The number of amides is 1. The zero-order valence-corrected chi connectivity index (χ0v) is 14.9. The predicted octanol–water partition coefficient (Wildman–Crippen LogP) is 3.96. The number of benzene rings is 2. The van der Waals surface area contributed by atoms with E-state index < -0.39 is 12.1 Å². The van der Waals surface area contributed by atoms with Gasteiger partial charge in [-0.3, -0.25) is 4.84 Å². The first-order valence-corrected chi connectivity index (χ1v) is 7.97. The molecule has 1 aliphatic rings. The minimum atomic E-state index is -0.583. The van der Waals surface area contributed by atoms with E-state index in [4.69, 9.17) is 30.6 Å². The Kier molecular flexibility index (Phi) is 5.01. The fraction of sp³-hybridized carbons (Fsp3) is 0.278. The number of carbonyl (C=O) groups excluding carboxylic acids is 1. The monoisotopic (exact) mass is 363 g/mol. The molecule has 1 heterocycles. The van der Waals surface area contributed by atoms with Crippen LogP contribution < -0.4 is 9.47 Å². The molecule has 7 heteroatoms. The van der Waals surface area contributed by atoms with Crippen LogP contribution in [0.25, 0.3) is 0 Å². The maximum atomic E-state index is 12.2. The zero-order valence-electron chi connectivity index (χ0n) is 14.1. The Morgan fingerprint density at radius 3 is 2.36 bits per heavy atom. The Bertz CT molecular complexity index is 778. The van der Waals surface area contributed by atoms with Crippen molar-refractivity contribution in [3.05, 3.63) is 58.1 Å². The number of ether oxygens (including phenoxy) is 3. The normalized spacial score (nSPS) is 16.2. The van der Waals surface area contributed by atoms with E-state index in [0.29, 0.717) is 16.5 Å². The minimum Gasteiger partial charge on any atom is -0.493 e. The molecule has 3 rings (SSSR count). The first-order valence-electron chi connectivity index (χ1n) is 7.59. The summed E-state index contributed by atoms with van der Waals surface area (Å²) in [6.45, 7) is 0.217. The molecule has 1 aliphatic heterocycles. The highest BCUT2D eigenvalue weighted by Gasteiger charge is 2.35. The molecule has 0 radical (unpaired) electrons. The average Bonchev–Trinajstić information content (AvgIpc) is 2.66. The Balaban J connectivity index is 2.15. The number of hydrogen-bond acceptors (Lipinski definition) is 5. The van der Waals surface area contributed by atoms with Crippen LogP contribution in [0.2, 0.25) is 5.02 Å². The van der Waals surface area contributed by atoms with Crippen LogP contribution >= 0.6 is 11.6 Å². The molecule has 0 saturated carbocycles. The second kappa shape index (κ2) is 7.21. The fourth-order valence-electron chi connectivity index (χ4n) is 2.86. The van der Waals surface area contributed by atoms with Crippen molar-refractivity contribution in [3.8, 4) is 11.5 Å². The molecule has 2 aromatic rings. The van der Waals surface area contributed by atoms with Crippen LogP contribution in [0, 0.1) is 0 Å². The van der Waals surface area contributed by atoms with Crippen molar-refractivity contribution in [3.63, 3.8) is 0 Å². The number of methoxy groups -OCH3 is 3. The van der Waals surface area contributed by atoms with Crippen molar-refractivity contribution in [1.82, 2.24) is 5.06 Å². The van der Waals surface area contributed by atoms with Gasteiger partial charge in [-0.2, -0.15) is 5.06 Å². The molecule has 0 spiro atoms. The Morgan fingerprint density at radius 1 is 1.12 bits per heavy atom. The Labute approximate surface area is 150 Å². The largest absolute Gasteiger partial charge is 0.493 e. The average molecular weight is 364 g/mol. The Hall–Kier alpha value is -2.44. The molecule has 1 unspecified atom stereocenters. The summed E-state index contributed by atoms with van der Waals surface area (Å²) in [6, 6.07) is 10.4. The van der Waals surface area contributed by atoms with Gasteiger partial charge >= 0.3 is 6.09 Å². The van der Waals surface area contributed by atoms with E-state index in [9.17, 15) is 4.79 Å². The van der Waals surface area contributed by atoms with E-state index in [-0.39, 0.29) is 6.61 Å². The molecule has 1 amide bonds. The third kappa shape index (κ3) is 3.23. The van der Waals surface area contributed by atoms with E-state index in [0.717, 1.165) is 16.7 Å². The molecule has 6 nitrogen and oxygen atoms in total. The quantitative estimate of drug-likeness (QED) is 0.826. The van der Waals surface area contributed by atoms with Crippen molar-refractivity contribution in [2.24, 2.45) is 0 Å². The second-order valence-corrected chi connectivity index (χ2v) is 5.87. The topological polar surface area (TPSA) is 57.2 Å². The van der Waals surface area contributed by atoms with Gasteiger partial charge in [0, 0.05) is 5.02 Å². The molecule has 0 aliphatic carbocycles. The lowest BCUT2D eigenvalue weighted by Crippen LogP contribution is -2.39. The summed E-state index contributed by atoms with van der Waals surface area (Å²) in [6.07, 6.45) is -0.583. The summed E-state index contributed by atoms with van der Waals surface area (Å²) < 4.78 is 15.6. The maximum absolute atomic E-state index is 12.2. The SMILES string of the molecule is COC(=O)N1OCc2cc(OC)c(OC)cc2C1c1ccc(Cl)cc1. The van der Waals surface area contributed by atoms with Gasteiger partial charge in [-0.1, -0.05) is 23.7 Å². The van der Waals surface area contributed by atoms with Gasteiger partial charge in [0.2, 0.25) is 0 Å². The fourth-order valence-corrected chi connectivity index (χ4v) is 2.99. The van der Waals surface area contributed by atoms with Crippen molar-refractivity contribution in [2.75, 3.05) is 21.3 Å². The highest BCUT2D eigenvalue weighted by molar-refractivity contribution is 6.30. The van der Waals surface area contributed by atoms with Gasteiger partial charge in [-0.05, 0) is 41.0 Å². The highest BCUT2D eigenvalue weighted by atomic mass is 35.5.